The minimum absolute atomic E-state index is 0.00452. The Kier molecular flexibility index (Phi) is 8.06. The van der Waals surface area contributed by atoms with Gasteiger partial charge in [0.1, 0.15) is 12.4 Å². The smallest absolute Gasteiger partial charge is 0.338 e. The standard InChI is InChI=1S/C27H22ClN9O4/c1-41-26(40)19-11-12-36-23(15-19)31-27(33-36)32-25(39)21(13-17-5-3-2-4-6-17)30-24(38)10-7-18-14-20(28)8-9-22(18)37-16-29-34-35-37/h2-12,14-16,21H,13H2,1H3,(H,30,38)(H,32,33,39). The molecule has 0 radical (unpaired) electrons. The third-order valence-electron chi connectivity index (χ3n) is 5.91. The number of nitrogens with one attached hydrogen (secondary N) is 2. The predicted octanol–water partition coefficient (Wildman–Crippen LogP) is 2.52. The molecule has 41 heavy (non-hydrogen) atoms. The molecule has 2 N–H and O–H groups in total. The second-order valence-electron chi connectivity index (χ2n) is 8.68. The Hall–Kier alpha value is -5.43. The molecule has 2 aromatic carbocycles. The largest absolute Gasteiger partial charge is 0.465 e. The second kappa shape index (κ2) is 12.2. The number of ether oxygens (including phenoxy) is 1. The van der Waals surface area contributed by atoms with Gasteiger partial charge in [0.2, 0.25) is 17.8 Å². The van der Waals surface area contributed by atoms with E-state index in [1.807, 2.05) is 30.3 Å². The molecule has 0 spiro atoms. The van der Waals surface area contributed by atoms with Crippen LogP contribution in [0, 0.1) is 0 Å². The van der Waals surface area contributed by atoms with Crippen LogP contribution in [0.4, 0.5) is 5.95 Å². The predicted molar refractivity (Wildman–Crippen MR) is 148 cm³/mol. The number of methoxy groups -OCH3 is 1. The molecule has 5 aromatic rings. The van der Waals surface area contributed by atoms with E-state index in [9.17, 15) is 14.4 Å². The minimum atomic E-state index is -0.967. The van der Waals surface area contributed by atoms with E-state index >= 15 is 0 Å². The van der Waals surface area contributed by atoms with Gasteiger partial charge in [-0.25, -0.2) is 9.31 Å². The third-order valence-corrected chi connectivity index (χ3v) is 6.14. The molecule has 1 unspecified atom stereocenters. The van der Waals surface area contributed by atoms with Gasteiger partial charge in [-0.2, -0.15) is 9.67 Å². The van der Waals surface area contributed by atoms with Crippen LogP contribution >= 0.6 is 11.6 Å². The van der Waals surface area contributed by atoms with Gasteiger partial charge in [0.25, 0.3) is 0 Å². The van der Waals surface area contributed by atoms with Crippen molar-refractivity contribution in [3.8, 4) is 5.69 Å². The van der Waals surface area contributed by atoms with Crippen LogP contribution < -0.4 is 10.6 Å². The average Bonchev–Trinajstić information content (AvgIpc) is 3.65. The van der Waals surface area contributed by atoms with Crippen molar-refractivity contribution in [1.29, 1.82) is 0 Å². The number of nitrogens with zero attached hydrogens (tertiary/aromatic N) is 7. The van der Waals surface area contributed by atoms with Crippen molar-refractivity contribution in [3.63, 3.8) is 0 Å². The molecule has 0 aliphatic carbocycles. The molecule has 3 aromatic heterocycles. The molecule has 5 rings (SSSR count). The lowest BCUT2D eigenvalue weighted by atomic mass is 10.1. The first-order chi connectivity index (χ1) is 19.9. The van der Waals surface area contributed by atoms with Gasteiger partial charge in [-0.3, -0.25) is 14.9 Å². The number of carbonyl (C=O) groups is 3. The van der Waals surface area contributed by atoms with E-state index in [1.165, 1.54) is 47.0 Å². The van der Waals surface area contributed by atoms with Crippen molar-refractivity contribution in [2.45, 2.75) is 12.5 Å². The highest BCUT2D eigenvalue weighted by Gasteiger charge is 2.22. The van der Waals surface area contributed by atoms with E-state index in [4.69, 9.17) is 16.3 Å². The highest BCUT2D eigenvalue weighted by atomic mass is 35.5. The number of rotatable bonds is 9. The first kappa shape index (κ1) is 27.1. The molecular weight excluding hydrogens is 550 g/mol. The zero-order chi connectivity index (χ0) is 28.8. The Balaban J connectivity index is 1.35. The van der Waals surface area contributed by atoms with Crippen LogP contribution in [0.3, 0.4) is 0 Å². The van der Waals surface area contributed by atoms with Crippen molar-refractivity contribution in [1.82, 2.24) is 40.1 Å². The number of anilines is 1. The quantitative estimate of drug-likeness (QED) is 0.200. The molecule has 0 fully saturated rings. The first-order valence-corrected chi connectivity index (χ1v) is 12.6. The number of aromatic nitrogens is 7. The van der Waals surface area contributed by atoms with Crippen molar-refractivity contribution < 1.29 is 19.1 Å². The zero-order valence-electron chi connectivity index (χ0n) is 21.5. The number of hydrogen-bond acceptors (Lipinski definition) is 9. The number of esters is 1. The molecule has 0 aliphatic heterocycles. The zero-order valence-corrected chi connectivity index (χ0v) is 22.3. The molecule has 0 aliphatic rings. The van der Waals surface area contributed by atoms with Gasteiger partial charge in [0, 0.05) is 29.3 Å². The monoisotopic (exact) mass is 571 g/mol. The molecular formula is C27H22ClN9O4. The Morgan fingerprint density at radius 3 is 2.68 bits per heavy atom. The molecule has 3 heterocycles. The Morgan fingerprint density at radius 1 is 1.10 bits per heavy atom. The van der Waals surface area contributed by atoms with Gasteiger partial charge < -0.3 is 10.1 Å². The maximum absolute atomic E-state index is 13.3. The highest BCUT2D eigenvalue weighted by molar-refractivity contribution is 6.30. The minimum Gasteiger partial charge on any atom is -0.465 e. The molecule has 14 heteroatoms. The van der Waals surface area contributed by atoms with Crippen LogP contribution in [-0.2, 0) is 20.7 Å². The number of amides is 2. The third kappa shape index (κ3) is 6.59. The fraction of sp³-hybridized carbons (Fsp3) is 0.111. The molecule has 1 atom stereocenters. The van der Waals surface area contributed by atoms with Crippen molar-refractivity contribution in [2.75, 3.05) is 12.4 Å². The lowest BCUT2D eigenvalue weighted by molar-refractivity contribution is -0.123. The summed E-state index contributed by atoms with van der Waals surface area (Å²) in [5.41, 5.74) is 2.64. The maximum atomic E-state index is 13.3. The van der Waals surface area contributed by atoms with Gasteiger partial charge in [-0.1, -0.05) is 41.9 Å². The first-order valence-electron chi connectivity index (χ1n) is 12.2. The lowest BCUT2D eigenvalue weighted by Crippen LogP contribution is -2.44. The number of fused-ring (bicyclic) bond motifs is 1. The van der Waals surface area contributed by atoms with Gasteiger partial charge >= 0.3 is 5.97 Å². The summed E-state index contributed by atoms with van der Waals surface area (Å²) in [7, 11) is 1.28. The van der Waals surface area contributed by atoms with Crippen LogP contribution in [0.2, 0.25) is 5.02 Å². The van der Waals surface area contributed by atoms with Crippen LogP contribution in [0.25, 0.3) is 17.4 Å². The molecule has 206 valence electrons. The van der Waals surface area contributed by atoms with Crippen LogP contribution in [0.15, 0.2) is 79.3 Å². The van der Waals surface area contributed by atoms with E-state index in [-0.39, 0.29) is 17.9 Å². The topological polar surface area (TPSA) is 158 Å². The van der Waals surface area contributed by atoms with E-state index in [2.05, 4.69) is 36.2 Å². The fourth-order valence-corrected chi connectivity index (χ4v) is 4.14. The summed E-state index contributed by atoms with van der Waals surface area (Å²) in [5, 5.41) is 21.3. The molecule has 0 bridgehead atoms. The molecule has 2 amide bonds. The van der Waals surface area contributed by atoms with Crippen LogP contribution in [-0.4, -0.2) is 65.7 Å². The van der Waals surface area contributed by atoms with Gasteiger partial charge in [-0.05, 0) is 52.4 Å². The fourth-order valence-electron chi connectivity index (χ4n) is 3.96. The highest BCUT2D eigenvalue weighted by Crippen LogP contribution is 2.20. The maximum Gasteiger partial charge on any atom is 0.338 e. The molecule has 0 saturated carbocycles. The summed E-state index contributed by atoms with van der Waals surface area (Å²) >= 11 is 6.16. The van der Waals surface area contributed by atoms with Gasteiger partial charge in [0.05, 0.1) is 18.4 Å². The Labute approximate surface area is 237 Å². The van der Waals surface area contributed by atoms with E-state index in [0.717, 1.165) is 5.56 Å². The summed E-state index contributed by atoms with van der Waals surface area (Å²) < 4.78 is 7.58. The summed E-state index contributed by atoms with van der Waals surface area (Å²) in [4.78, 5) is 42.4. The normalized spacial score (nSPS) is 11.9. The van der Waals surface area contributed by atoms with E-state index in [0.29, 0.717) is 21.9 Å². The van der Waals surface area contributed by atoms with Crippen molar-refractivity contribution in [2.24, 2.45) is 0 Å². The summed E-state index contributed by atoms with van der Waals surface area (Å²) in [6.07, 6.45) is 6.00. The van der Waals surface area contributed by atoms with Crippen molar-refractivity contribution >= 4 is 47.1 Å². The Morgan fingerprint density at radius 2 is 1.93 bits per heavy atom. The van der Waals surface area contributed by atoms with Crippen LogP contribution in [0.5, 0.6) is 0 Å². The number of pyridine rings is 1. The SMILES string of the molecule is COC(=O)c1ccn2nc(NC(=O)C(Cc3ccccc3)NC(=O)C=Cc3cc(Cl)ccc3-n3cnnn3)nc2c1. The number of tetrazole rings is 1. The average molecular weight is 572 g/mol. The molecule has 0 saturated heterocycles. The van der Waals surface area contributed by atoms with E-state index < -0.39 is 23.8 Å². The summed E-state index contributed by atoms with van der Waals surface area (Å²) in [5.74, 6) is -1.57. The van der Waals surface area contributed by atoms with Gasteiger partial charge in [0.15, 0.2) is 5.65 Å². The number of halogens is 1. The summed E-state index contributed by atoms with van der Waals surface area (Å²) in [6.45, 7) is 0. The number of hydrogen-bond donors (Lipinski definition) is 2. The molecule has 13 nitrogen and oxygen atoms in total. The second-order valence-corrected chi connectivity index (χ2v) is 9.11. The number of benzene rings is 2. The van der Waals surface area contributed by atoms with Gasteiger partial charge in [-0.15, -0.1) is 10.2 Å². The number of carbonyl (C=O) groups excluding carboxylic acids is 3. The van der Waals surface area contributed by atoms with E-state index in [1.54, 1.807) is 24.3 Å². The Bertz CT molecular complexity index is 1740. The lowest BCUT2D eigenvalue weighted by Gasteiger charge is -2.17. The van der Waals surface area contributed by atoms with Crippen LogP contribution in [0.1, 0.15) is 21.5 Å². The van der Waals surface area contributed by atoms with Crippen molar-refractivity contribution in [3.05, 3.63) is 101 Å². The summed E-state index contributed by atoms with van der Waals surface area (Å²) in [6, 6.07) is 16.4.